The summed E-state index contributed by atoms with van der Waals surface area (Å²) in [6, 6.07) is 6.07. The third-order valence-electron chi connectivity index (χ3n) is 2.81. The van der Waals surface area contributed by atoms with Crippen molar-refractivity contribution in [1.29, 1.82) is 0 Å². The van der Waals surface area contributed by atoms with Gasteiger partial charge in [-0.15, -0.1) is 11.3 Å². The van der Waals surface area contributed by atoms with E-state index in [0.29, 0.717) is 13.0 Å². The Morgan fingerprint density at radius 2 is 2.15 bits per heavy atom. The molecule has 2 rings (SSSR count). The monoisotopic (exact) mass is 291 g/mol. The number of hydrogen-bond acceptors (Lipinski definition) is 5. The highest BCUT2D eigenvalue weighted by atomic mass is 32.1. The molecule has 106 valence electrons. The molecule has 0 saturated carbocycles. The number of benzene rings is 1. The average molecular weight is 291 g/mol. The number of nitrogens with two attached hydrogens (primary N) is 1. The number of hydrogen-bond donors (Lipinski definition) is 3. The minimum Gasteiger partial charge on any atom is -0.508 e. The number of aromatic nitrogens is 1. The molecule has 0 spiro atoms. The first kappa shape index (κ1) is 14.5. The van der Waals surface area contributed by atoms with Crippen LogP contribution in [0.4, 0.5) is 0 Å². The first-order chi connectivity index (χ1) is 9.54. The lowest BCUT2D eigenvalue weighted by molar-refractivity contribution is -0.122. The second-order valence-electron chi connectivity index (χ2n) is 4.58. The quantitative estimate of drug-likeness (QED) is 0.775. The van der Waals surface area contributed by atoms with Gasteiger partial charge in [0.25, 0.3) is 0 Å². The largest absolute Gasteiger partial charge is 0.508 e. The Morgan fingerprint density at radius 1 is 1.45 bits per heavy atom. The van der Waals surface area contributed by atoms with Gasteiger partial charge < -0.3 is 16.2 Å². The van der Waals surface area contributed by atoms with Crippen LogP contribution in [-0.2, 0) is 17.8 Å². The second kappa shape index (κ2) is 6.49. The van der Waals surface area contributed by atoms with Gasteiger partial charge in [-0.2, -0.15) is 0 Å². The standard InChI is InChI=1S/C14H17N3O2S/c1-9-8-20-13(17-9)7-16-14(19)12(15)6-10-2-4-11(18)5-3-10/h2-5,8,12,18H,6-7,15H2,1H3,(H,16,19)/t12-/m1/s1. The van der Waals surface area contributed by atoms with E-state index in [0.717, 1.165) is 16.3 Å². The molecular weight excluding hydrogens is 274 g/mol. The van der Waals surface area contributed by atoms with Gasteiger partial charge in [0, 0.05) is 11.1 Å². The molecule has 1 aromatic carbocycles. The van der Waals surface area contributed by atoms with E-state index in [-0.39, 0.29) is 11.7 Å². The summed E-state index contributed by atoms with van der Waals surface area (Å²) in [6.07, 6.45) is 0.434. The maximum atomic E-state index is 11.9. The predicted molar refractivity (Wildman–Crippen MR) is 78.5 cm³/mol. The third-order valence-corrected chi connectivity index (χ3v) is 3.78. The minimum absolute atomic E-state index is 0.200. The number of nitrogens with one attached hydrogen (secondary N) is 1. The smallest absolute Gasteiger partial charge is 0.237 e. The first-order valence-electron chi connectivity index (χ1n) is 6.27. The molecule has 1 aromatic heterocycles. The SMILES string of the molecule is Cc1csc(CNC(=O)[C@H](N)Cc2ccc(O)cc2)n1. The van der Waals surface area contributed by atoms with Gasteiger partial charge >= 0.3 is 0 Å². The Morgan fingerprint density at radius 3 is 2.75 bits per heavy atom. The van der Waals surface area contributed by atoms with E-state index in [4.69, 9.17) is 5.73 Å². The maximum Gasteiger partial charge on any atom is 0.237 e. The Balaban J connectivity index is 1.84. The number of thiazole rings is 1. The lowest BCUT2D eigenvalue weighted by Crippen LogP contribution is -2.41. The highest BCUT2D eigenvalue weighted by Crippen LogP contribution is 2.11. The van der Waals surface area contributed by atoms with Crippen molar-refractivity contribution in [2.45, 2.75) is 25.9 Å². The van der Waals surface area contributed by atoms with Crippen molar-refractivity contribution in [3.05, 3.63) is 45.9 Å². The first-order valence-corrected chi connectivity index (χ1v) is 7.15. The van der Waals surface area contributed by atoms with Gasteiger partial charge in [0.05, 0.1) is 12.6 Å². The number of nitrogens with zero attached hydrogens (tertiary/aromatic N) is 1. The number of aromatic hydroxyl groups is 1. The van der Waals surface area contributed by atoms with Crippen LogP contribution >= 0.6 is 11.3 Å². The summed E-state index contributed by atoms with van der Waals surface area (Å²) in [5, 5.41) is 14.8. The van der Waals surface area contributed by atoms with Crippen LogP contribution in [0.1, 0.15) is 16.3 Å². The maximum absolute atomic E-state index is 11.9. The zero-order valence-corrected chi connectivity index (χ0v) is 12.0. The highest BCUT2D eigenvalue weighted by Gasteiger charge is 2.14. The van der Waals surface area contributed by atoms with Crippen LogP contribution in [-0.4, -0.2) is 22.0 Å². The molecule has 6 heteroatoms. The van der Waals surface area contributed by atoms with E-state index in [1.807, 2.05) is 12.3 Å². The van der Waals surface area contributed by atoms with E-state index in [1.165, 1.54) is 11.3 Å². The molecule has 1 amide bonds. The molecular formula is C14H17N3O2S. The molecule has 0 bridgehead atoms. The molecule has 1 heterocycles. The molecule has 0 fully saturated rings. The van der Waals surface area contributed by atoms with Crippen LogP contribution in [0.15, 0.2) is 29.6 Å². The number of phenols is 1. The molecule has 0 radical (unpaired) electrons. The van der Waals surface area contributed by atoms with Gasteiger partial charge in [0.1, 0.15) is 10.8 Å². The van der Waals surface area contributed by atoms with E-state index in [9.17, 15) is 9.90 Å². The van der Waals surface area contributed by atoms with Crippen molar-refractivity contribution in [3.63, 3.8) is 0 Å². The lowest BCUT2D eigenvalue weighted by atomic mass is 10.1. The average Bonchev–Trinajstić information content (AvgIpc) is 2.84. The van der Waals surface area contributed by atoms with E-state index in [2.05, 4.69) is 10.3 Å². The van der Waals surface area contributed by atoms with Crippen LogP contribution in [0.3, 0.4) is 0 Å². The van der Waals surface area contributed by atoms with E-state index in [1.54, 1.807) is 24.3 Å². The number of aryl methyl sites for hydroxylation is 1. The molecule has 5 nitrogen and oxygen atoms in total. The second-order valence-corrected chi connectivity index (χ2v) is 5.52. The molecule has 2 aromatic rings. The molecule has 0 unspecified atom stereocenters. The summed E-state index contributed by atoms with van der Waals surface area (Å²) < 4.78 is 0. The molecule has 0 aliphatic rings. The van der Waals surface area contributed by atoms with Crippen molar-refractivity contribution in [2.24, 2.45) is 5.73 Å². The third kappa shape index (κ3) is 4.04. The number of carbonyl (C=O) groups excluding carboxylic acids is 1. The van der Waals surface area contributed by atoms with Crippen LogP contribution in [0.5, 0.6) is 5.75 Å². The Hall–Kier alpha value is -1.92. The van der Waals surface area contributed by atoms with Crippen LogP contribution in [0, 0.1) is 6.92 Å². The molecule has 4 N–H and O–H groups in total. The van der Waals surface area contributed by atoms with Gasteiger partial charge in [-0.3, -0.25) is 4.79 Å². The van der Waals surface area contributed by atoms with Gasteiger partial charge in [0.2, 0.25) is 5.91 Å². The molecule has 1 atom stereocenters. The molecule has 0 aliphatic heterocycles. The normalized spacial score (nSPS) is 12.1. The number of phenolic OH excluding ortho intramolecular Hbond substituents is 1. The zero-order chi connectivity index (χ0) is 14.5. The van der Waals surface area contributed by atoms with Crippen molar-refractivity contribution < 1.29 is 9.90 Å². The summed E-state index contributed by atoms with van der Waals surface area (Å²) >= 11 is 1.51. The summed E-state index contributed by atoms with van der Waals surface area (Å²) in [4.78, 5) is 16.2. The summed E-state index contributed by atoms with van der Waals surface area (Å²) in [6.45, 7) is 2.32. The lowest BCUT2D eigenvalue weighted by Gasteiger charge is -2.11. The Bertz CT molecular complexity index is 580. The van der Waals surface area contributed by atoms with E-state index < -0.39 is 6.04 Å². The molecule has 0 aliphatic carbocycles. The highest BCUT2D eigenvalue weighted by molar-refractivity contribution is 7.09. The van der Waals surface area contributed by atoms with Gasteiger partial charge in [-0.25, -0.2) is 4.98 Å². The predicted octanol–water partition coefficient (Wildman–Crippen LogP) is 1.34. The van der Waals surface area contributed by atoms with E-state index >= 15 is 0 Å². The molecule has 20 heavy (non-hydrogen) atoms. The van der Waals surface area contributed by atoms with Crippen LogP contribution in [0.2, 0.25) is 0 Å². The fourth-order valence-electron chi connectivity index (χ4n) is 1.76. The van der Waals surface area contributed by atoms with Crippen LogP contribution < -0.4 is 11.1 Å². The fraction of sp³-hybridized carbons (Fsp3) is 0.286. The number of carbonyl (C=O) groups is 1. The minimum atomic E-state index is -0.611. The van der Waals surface area contributed by atoms with Crippen molar-refractivity contribution in [1.82, 2.24) is 10.3 Å². The zero-order valence-electron chi connectivity index (χ0n) is 11.2. The fourth-order valence-corrected chi connectivity index (χ4v) is 2.47. The summed E-state index contributed by atoms with van der Waals surface area (Å²) in [5.74, 6) is -0.00293. The Labute approximate surface area is 121 Å². The summed E-state index contributed by atoms with van der Waals surface area (Å²) in [7, 11) is 0. The van der Waals surface area contributed by atoms with Gasteiger partial charge in [-0.05, 0) is 31.0 Å². The number of rotatable bonds is 5. The van der Waals surface area contributed by atoms with Crippen molar-refractivity contribution >= 4 is 17.2 Å². The van der Waals surface area contributed by atoms with Crippen molar-refractivity contribution in [2.75, 3.05) is 0 Å². The topological polar surface area (TPSA) is 88.2 Å². The van der Waals surface area contributed by atoms with Crippen molar-refractivity contribution in [3.8, 4) is 5.75 Å². The Kier molecular flexibility index (Phi) is 4.70. The van der Waals surface area contributed by atoms with Crippen LogP contribution in [0.25, 0.3) is 0 Å². The van der Waals surface area contributed by atoms with Gasteiger partial charge in [0.15, 0.2) is 0 Å². The molecule has 0 saturated heterocycles. The van der Waals surface area contributed by atoms with Gasteiger partial charge in [-0.1, -0.05) is 12.1 Å². The number of amides is 1. The summed E-state index contributed by atoms with van der Waals surface area (Å²) in [5.41, 5.74) is 7.73.